The number of hydrogen-bond acceptors (Lipinski definition) is 8. The van der Waals surface area contributed by atoms with Crippen molar-refractivity contribution in [2.24, 2.45) is 0 Å². The van der Waals surface area contributed by atoms with E-state index in [1.807, 2.05) is 18.2 Å². The number of imide groups is 1. The fraction of sp³-hybridized carbons (Fsp3) is 0.235. The average Bonchev–Trinajstić information content (AvgIpc) is 3.00. The fourth-order valence-electron chi connectivity index (χ4n) is 2.83. The molecule has 0 aliphatic carbocycles. The third-order valence-corrected chi connectivity index (χ3v) is 4.93. The Morgan fingerprint density at radius 3 is 2.50 bits per heavy atom. The zero-order valence-corrected chi connectivity index (χ0v) is 14.6. The molecule has 2 amide bonds. The van der Waals surface area contributed by atoms with Crippen molar-refractivity contribution < 1.29 is 9.59 Å². The van der Waals surface area contributed by atoms with Crippen LogP contribution in [0, 0.1) is 0 Å². The first-order valence-electron chi connectivity index (χ1n) is 8.18. The molecular formula is C17H16N6O2S. The molecule has 0 bridgehead atoms. The van der Waals surface area contributed by atoms with Gasteiger partial charge in [-0.1, -0.05) is 6.07 Å². The number of pyridine rings is 1. The standard InChI is InChI=1S/C17H16N6O2S/c24-15-13(26-17(25)21-15)11-12-4-6-19-16(20-12)23-9-7-22(8-10-23)14-3-1-2-5-18-14/h1-6,11H,7-10H2,(H,21,24,25). The Bertz CT molecular complexity index is 865. The van der Waals surface area contributed by atoms with Crippen LogP contribution in [0.4, 0.5) is 16.6 Å². The lowest BCUT2D eigenvalue weighted by atomic mass is 10.3. The smallest absolute Gasteiger partial charge is 0.290 e. The van der Waals surface area contributed by atoms with Gasteiger partial charge < -0.3 is 9.80 Å². The van der Waals surface area contributed by atoms with Crippen LogP contribution in [-0.2, 0) is 4.79 Å². The number of hydrogen-bond donors (Lipinski definition) is 1. The third kappa shape index (κ3) is 3.52. The number of aromatic nitrogens is 3. The molecule has 0 spiro atoms. The highest BCUT2D eigenvalue weighted by Crippen LogP contribution is 2.25. The molecule has 0 aromatic carbocycles. The largest absolute Gasteiger partial charge is 0.353 e. The van der Waals surface area contributed by atoms with Gasteiger partial charge in [0.15, 0.2) is 0 Å². The van der Waals surface area contributed by atoms with Crippen LogP contribution in [0.15, 0.2) is 41.6 Å². The lowest BCUT2D eigenvalue weighted by Crippen LogP contribution is -2.47. The maximum atomic E-state index is 11.7. The van der Waals surface area contributed by atoms with Crippen LogP contribution in [0.1, 0.15) is 5.69 Å². The minimum absolute atomic E-state index is 0.347. The molecule has 132 valence electrons. The lowest BCUT2D eigenvalue weighted by molar-refractivity contribution is -0.115. The van der Waals surface area contributed by atoms with Crippen molar-refractivity contribution in [2.45, 2.75) is 0 Å². The van der Waals surface area contributed by atoms with Gasteiger partial charge in [-0.3, -0.25) is 14.9 Å². The second-order valence-corrected chi connectivity index (χ2v) is 6.81. The first-order valence-corrected chi connectivity index (χ1v) is 8.99. The number of nitrogens with zero attached hydrogens (tertiary/aromatic N) is 5. The predicted molar refractivity (Wildman–Crippen MR) is 99.8 cm³/mol. The zero-order valence-electron chi connectivity index (χ0n) is 13.8. The number of carbonyl (C=O) groups excluding carboxylic acids is 2. The lowest BCUT2D eigenvalue weighted by Gasteiger charge is -2.35. The molecule has 0 unspecified atom stereocenters. The van der Waals surface area contributed by atoms with Crippen LogP contribution in [0.5, 0.6) is 0 Å². The molecule has 8 nitrogen and oxygen atoms in total. The molecule has 2 fully saturated rings. The fourth-order valence-corrected chi connectivity index (χ4v) is 3.49. The molecular weight excluding hydrogens is 352 g/mol. The van der Waals surface area contributed by atoms with Crippen LogP contribution >= 0.6 is 11.8 Å². The maximum Gasteiger partial charge on any atom is 0.290 e. The summed E-state index contributed by atoms with van der Waals surface area (Å²) < 4.78 is 0. The summed E-state index contributed by atoms with van der Waals surface area (Å²) >= 11 is 0.882. The Hall–Kier alpha value is -2.94. The van der Waals surface area contributed by atoms with Crippen molar-refractivity contribution in [1.82, 2.24) is 20.3 Å². The summed E-state index contributed by atoms with van der Waals surface area (Å²) in [6, 6.07) is 7.61. The summed E-state index contributed by atoms with van der Waals surface area (Å²) in [6.07, 6.45) is 5.07. The molecule has 4 rings (SSSR count). The van der Waals surface area contributed by atoms with Crippen LogP contribution in [0.3, 0.4) is 0 Å². The van der Waals surface area contributed by atoms with E-state index >= 15 is 0 Å². The summed E-state index contributed by atoms with van der Waals surface area (Å²) in [6.45, 7) is 3.23. The number of amides is 2. The Morgan fingerprint density at radius 1 is 1.00 bits per heavy atom. The highest BCUT2D eigenvalue weighted by Gasteiger charge is 2.25. The van der Waals surface area contributed by atoms with Crippen molar-refractivity contribution in [3.05, 3.63) is 47.3 Å². The maximum absolute atomic E-state index is 11.7. The number of piperazine rings is 1. The first-order chi connectivity index (χ1) is 12.7. The Morgan fingerprint density at radius 2 is 1.81 bits per heavy atom. The van der Waals surface area contributed by atoms with E-state index in [9.17, 15) is 9.59 Å². The minimum Gasteiger partial charge on any atom is -0.353 e. The molecule has 0 radical (unpaired) electrons. The van der Waals surface area contributed by atoms with Crippen LogP contribution in [0.25, 0.3) is 6.08 Å². The van der Waals surface area contributed by atoms with Crippen molar-refractivity contribution in [3.8, 4) is 0 Å². The number of carbonyl (C=O) groups is 2. The van der Waals surface area contributed by atoms with Gasteiger partial charge in [0.25, 0.3) is 11.1 Å². The normalized spacial score (nSPS) is 19.2. The number of anilines is 2. The van der Waals surface area contributed by atoms with Gasteiger partial charge in [0.2, 0.25) is 5.95 Å². The number of nitrogens with one attached hydrogen (secondary N) is 1. The van der Waals surface area contributed by atoms with Gasteiger partial charge in [-0.15, -0.1) is 0 Å². The van der Waals surface area contributed by atoms with Crippen molar-refractivity contribution >= 4 is 40.8 Å². The van der Waals surface area contributed by atoms with Crippen molar-refractivity contribution in [1.29, 1.82) is 0 Å². The molecule has 2 aliphatic rings. The SMILES string of the molecule is O=C1NC(=O)C(=Cc2ccnc(N3CCN(c4ccccn4)CC3)n2)S1. The van der Waals surface area contributed by atoms with Gasteiger partial charge in [-0.2, -0.15) is 0 Å². The van der Waals surface area contributed by atoms with E-state index in [1.165, 1.54) is 0 Å². The second-order valence-electron chi connectivity index (χ2n) is 5.80. The van der Waals surface area contributed by atoms with E-state index < -0.39 is 0 Å². The van der Waals surface area contributed by atoms with Crippen molar-refractivity contribution in [2.75, 3.05) is 36.0 Å². The average molecular weight is 368 g/mol. The zero-order chi connectivity index (χ0) is 17.9. The Balaban J connectivity index is 1.45. The Kier molecular flexibility index (Phi) is 4.53. The van der Waals surface area contributed by atoms with E-state index in [0.29, 0.717) is 16.5 Å². The quantitative estimate of drug-likeness (QED) is 0.816. The summed E-state index contributed by atoms with van der Waals surface area (Å²) in [5, 5.41) is 1.88. The van der Waals surface area contributed by atoms with Gasteiger partial charge in [0.1, 0.15) is 5.82 Å². The van der Waals surface area contributed by atoms with Gasteiger partial charge in [-0.05, 0) is 36.0 Å². The van der Waals surface area contributed by atoms with Crippen LogP contribution in [0.2, 0.25) is 0 Å². The molecule has 2 aromatic rings. The molecule has 2 saturated heterocycles. The van der Waals surface area contributed by atoms with Gasteiger partial charge in [0, 0.05) is 38.6 Å². The highest BCUT2D eigenvalue weighted by molar-refractivity contribution is 8.18. The molecule has 1 N–H and O–H groups in total. The van der Waals surface area contributed by atoms with Crippen molar-refractivity contribution in [3.63, 3.8) is 0 Å². The van der Waals surface area contributed by atoms with Gasteiger partial charge in [0.05, 0.1) is 10.6 Å². The van der Waals surface area contributed by atoms with Gasteiger partial charge in [-0.25, -0.2) is 15.0 Å². The topological polar surface area (TPSA) is 91.3 Å². The van der Waals surface area contributed by atoms with E-state index in [1.54, 1.807) is 24.5 Å². The van der Waals surface area contributed by atoms with E-state index in [0.717, 1.165) is 43.8 Å². The predicted octanol–water partition coefficient (Wildman–Crippen LogP) is 1.52. The van der Waals surface area contributed by atoms with E-state index in [4.69, 9.17) is 0 Å². The molecule has 9 heteroatoms. The molecule has 2 aromatic heterocycles. The highest BCUT2D eigenvalue weighted by atomic mass is 32.2. The summed E-state index contributed by atoms with van der Waals surface area (Å²) in [4.78, 5) is 40.8. The molecule has 2 aliphatic heterocycles. The minimum atomic E-state index is -0.385. The molecule has 4 heterocycles. The number of thioether (sulfide) groups is 1. The summed E-state index contributed by atoms with van der Waals surface area (Å²) in [5.74, 6) is 1.21. The first kappa shape index (κ1) is 16.5. The van der Waals surface area contributed by atoms with Gasteiger partial charge >= 0.3 is 0 Å². The summed E-state index contributed by atoms with van der Waals surface area (Å²) in [7, 11) is 0. The molecule has 0 saturated carbocycles. The van der Waals surface area contributed by atoms with E-state index in [-0.39, 0.29) is 11.1 Å². The third-order valence-electron chi connectivity index (χ3n) is 4.12. The second kappa shape index (κ2) is 7.12. The number of rotatable bonds is 3. The summed E-state index contributed by atoms with van der Waals surface area (Å²) in [5.41, 5.74) is 0.606. The molecule has 26 heavy (non-hydrogen) atoms. The monoisotopic (exact) mass is 368 g/mol. The molecule has 0 atom stereocenters. The van der Waals surface area contributed by atoms with Crippen LogP contribution < -0.4 is 15.1 Å². The van der Waals surface area contributed by atoms with Crippen LogP contribution in [-0.4, -0.2) is 52.3 Å². The Labute approximate surface area is 154 Å². The van der Waals surface area contributed by atoms with E-state index in [2.05, 4.69) is 30.1 Å².